The van der Waals surface area contributed by atoms with E-state index >= 15 is 0 Å². The molecule has 0 radical (unpaired) electrons. The smallest absolute Gasteiger partial charge is 0.125 e. The Morgan fingerprint density at radius 3 is 2.62 bits per heavy atom. The molecule has 0 bridgehead atoms. The van der Waals surface area contributed by atoms with Gasteiger partial charge < -0.3 is 14.6 Å². The normalized spacial score (nSPS) is 20.2. The van der Waals surface area contributed by atoms with Crippen molar-refractivity contribution in [2.45, 2.75) is 39.4 Å². The van der Waals surface area contributed by atoms with Gasteiger partial charge in [-0.3, -0.25) is 4.90 Å². The lowest BCUT2D eigenvalue weighted by molar-refractivity contribution is -0.0947. The summed E-state index contributed by atoms with van der Waals surface area (Å²) in [5.41, 5.74) is 2.08. The van der Waals surface area contributed by atoms with Gasteiger partial charge in [0, 0.05) is 19.6 Å². The molecule has 1 aromatic carbocycles. The van der Waals surface area contributed by atoms with Crippen LogP contribution in [0.25, 0.3) is 0 Å². The Morgan fingerprint density at radius 1 is 1.33 bits per heavy atom. The second-order valence-corrected chi connectivity index (χ2v) is 6.53. The van der Waals surface area contributed by atoms with Gasteiger partial charge in [0.15, 0.2) is 0 Å². The molecule has 1 saturated heterocycles. The summed E-state index contributed by atoms with van der Waals surface area (Å²) in [4.78, 5) is 2.24. The first-order valence-electron chi connectivity index (χ1n) is 7.61. The number of rotatable bonds is 5. The number of hydrogen-bond acceptors (Lipinski definition) is 4. The van der Waals surface area contributed by atoms with Crippen LogP contribution in [0.5, 0.6) is 5.75 Å². The molecule has 4 nitrogen and oxygen atoms in total. The van der Waals surface area contributed by atoms with E-state index in [0.717, 1.165) is 36.6 Å². The number of aliphatic hydroxyl groups is 1. The molecular weight excluding hydrogens is 266 g/mol. The van der Waals surface area contributed by atoms with E-state index in [1.54, 1.807) is 0 Å². The zero-order chi connectivity index (χ0) is 15.5. The van der Waals surface area contributed by atoms with E-state index in [-0.39, 0.29) is 5.60 Å². The fraction of sp³-hybridized carbons (Fsp3) is 0.647. The minimum atomic E-state index is -0.488. The second-order valence-electron chi connectivity index (χ2n) is 6.53. The Morgan fingerprint density at radius 2 is 2.00 bits per heavy atom. The number of para-hydroxylation sites is 1. The van der Waals surface area contributed by atoms with Crippen molar-refractivity contribution in [1.82, 2.24) is 4.90 Å². The number of morpholine rings is 1. The Hall–Kier alpha value is -1.10. The van der Waals surface area contributed by atoms with Crippen molar-refractivity contribution in [3.63, 3.8) is 0 Å². The van der Waals surface area contributed by atoms with E-state index in [0.29, 0.717) is 13.2 Å². The van der Waals surface area contributed by atoms with Crippen LogP contribution in [0, 0.1) is 13.8 Å². The molecule has 21 heavy (non-hydrogen) atoms. The molecule has 0 saturated carbocycles. The molecule has 0 aromatic heterocycles. The standard InChI is InChI=1S/C17H27NO3/c1-13-6-5-7-14(2)16(13)20-11-15(19)10-18-8-9-21-17(3,4)12-18/h5-7,15,19H,8-12H2,1-4H3. The number of hydrogen-bond donors (Lipinski definition) is 1. The van der Waals surface area contributed by atoms with Crippen LogP contribution in [0.4, 0.5) is 0 Å². The summed E-state index contributed by atoms with van der Waals surface area (Å²) in [5.74, 6) is 0.888. The molecule has 1 N–H and O–H groups in total. The minimum Gasteiger partial charge on any atom is -0.490 e. The van der Waals surface area contributed by atoms with Crippen molar-refractivity contribution < 1.29 is 14.6 Å². The summed E-state index contributed by atoms with van der Waals surface area (Å²) in [6, 6.07) is 6.07. The van der Waals surface area contributed by atoms with Crippen molar-refractivity contribution in [3.8, 4) is 5.75 Å². The van der Waals surface area contributed by atoms with Gasteiger partial charge in [-0.05, 0) is 38.8 Å². The van der Waals surface area contributed by atoms with Crippen molar-refractivity contribution in [1.29, 1.82) is 0 Å². The van der Waals surface area contributed by atoms with Crippen LogP contribution in [-0.4, -0.2) is 54.6 Å². The molecule has 0 spiro atoms. The molecule has 118 valence electrons. The topological polar surface area (TPSA) is 41.9 Å². The summed E-state index contributed by atoms with van der Waals surface area (Å²) in [7, 11) is 0. The predicted octanol–water partition coefficient (Wildman–Crippen LogP) is 2.15. The fourth-order valence-electron chi connectivity index (χ4n) is 2.83. The zero-order valence-corrected chi connectivity index (χ0v) is 13.6. The Labute approximate surface area is 127 Å². The molecule has 4 heteroatoms. The molecule has 1 aromatic rings. The number of benzene rings is 1. The van der Waals surface area contributed by atoms with E-state index in [2.05, 4.69) is 18.7 Å². The highest BCUT2D eigenvalue weighted by Crippen LogP contribution is 2.22. The first kappa shape index (κ1) is 16.3. The number of nitrogens with zero attached hydrogens (tertiary/aromatic N) is 1. The van der Waals surface area contributed by atoms with Gasteiger partial charge in [0.1, 0.15) is 18.5 Å². The highest BCUT2D eigenvalue weighted by Gasteiger charge is 2.28. The first-order chi connectivity index (χ1) is 9.87. The lowest BCUT2D eigenvalue weighted by Gasteiger charge is -2.38. The average molecular weight is 293 g/mol. The van der Waals surface area contributed by atoms with Crippen LogP contribution in [-0.2, 0) is 4.74 Å². The second kappa shape index (κ2) is 6.77. The molecule has 1 unspecified atom stereocenters. The molecule has 0 aliphatic carbocycles. The maximum Gasteiger partial charge on any atom is 0.125 e. The maximum atomic E-state index is 10.2. The molecule has 1 atom stereocenters. The van der Waals surface area contributed by atoms with E-state index in [4.69, 9.17) is 9.47 Å². The summed E-state index contributed by atoms with van der Waals surface area (Å²) in [5, 5.41) is 10.2. The predicted molar refractivity (Wildman–Crippen MR) is 83.9 cm³/mol. The molecule has 1 fully saturated rings. The Kier molecular flexibility index (Phi) is 5.25. The van der Waals surface area contributed by atoms with E-state index in [1.165, 1.54) is 0 Å². The van der Waals surface area contributed by atoms with Gasteiger partial charge in [-0.25, -0.2) is 0 Å². The van der Waals surface area contributed by atoms with Crippen LogP contribution in [0.3, 0.4) is 0 Å². The monoisotopic (exact) mass is 293 g/mol. The van der Waals surface area contributed by atoms with Gasteiger partial charge in [-0.2, -0.15) is 0 Å². The van der Waals surface area contributed by atoms with Crippen LogP contribution < -0.4 is 4.74 Å². The largest absolute Gasteiger partial charge is 0.490 e. The third kappa shape index (κ3) is 4.70. The van der Waals surface area contributed by atoms with Crippen LogP contribution in [0.1, 0.15) is 25.0 Å². The van der Waals surface area contributed by atoms with Crippen molar-refractivity contribution in [2.24, 2.45) is 0 Å². The highest BCUT2D eigenvalue weighted by atomic mass is 16.5. The fourth-order valence-corrected chi connectivity index (χ4v) is 2.83. The van der Waals surface area contributed by atoms with E-state index < -0.39 is 6.10 Å². The van der Waals surface area contributed by atoms with Gasteiger partial charge in [0.2, 0.25) is 0 Å². The summed E-state index contributed by atoms with van der Waals surface area (Å²) >= 11 is 0. The molecule has 1 aliphatic rings. The Balaban J connectivity index is 1.83. The highest BCUT2D eigenvalue weighted by molar-refractivity contribution is 5.39. The van der Waals surface area contributed by atoms with E-state index in [9.17, 15) is 5.11 Å². The third-order valence-electron chi connectivity index (χ3n) is 3.80. The summed E-state index contributed by atoms with van der Waals surface area (Å²) in [6.07, 6.45) is -0.488. The molecule has 1 aliphatic heterocycles. The van der Waals surface area contributed by atoms with Crippen LogP contribution in [0.15, 0.2) is 18.2 Å². The Bertz CT molecular complexity index is 453. The average Bonchev–Trinajstić information content (AvgIpc) is 2.36. The van der Waals surface area contributed by atoms with Crippen molar-refractivity contribution >= 4 is 0 Å². The van der Waals surface area contributed by atoms with Crippen LogP contribution >= 0.6 is 0 Å². The van der Waals surface area contributed by atoms with Gasteiger partial charge in [-0.1, -0.05) is 18.2 Å². The minimum absolute atomic E-state index is 0.133. The number of ether oxygens (including phenoxy) is 2. The molecule has 2 rings (SSSR count). The lowest BCUT2D eigenvalue weighted by Crippen LogP contribution is -2.50. The SMILES string of the molecule is Cc1cccc(C)c1OCC(O)CN1CCOC(C)(C)C1. The third-order valence-corrected chi connectivity index (χ3v) is 3.80. The molecule has 1 heterocycles. The molecular formula is C17H27NO3. The van der Waals surface area contributed by atoms with Gasteiger partial charge in [0.25, 0.3) is 0 Å². The zero-order valence-electron chi connectivity index (χ0n) is 13.6. The van der Waals surface area contributed by atoms with Gasteiger partial charge in [0.05, 0.1) is 12.2 Å². The van der Waals surface area contributed by atoms with Gasteiger partial charge in [-0.15, -0.1) is 0 Å². The summed E-state index contributed by atoms with van der Waals surface area (Å²) < 4.78 is 11.5. The van der Waals surface area contributed by atoms with Crippen LogP contribution in [0.2, 0.25) is 0 Å². The van der Waals surface area contributed by atoms with Crippen molar-refractivity contribution in [2.75, 3.05) is 32.8 Å². The van der Waals surface area contributed by atoms with Crippen molar-refractivity contribution in [3.05, 3.63) is 29.3 Å². The number of aryl methyl sites for hydroxylation is 2. The first-order valence-corrected chi connectivity index (χ1v) is 7.61. The van der Waals surface area contributed by atoms with E-state index in [1.807, 2.05) is 32.0 Å². The quantitative estimate of drug-likeness (QED) is 0.903. The number of β-amino-alcohol motifs (C(OH)–C–C–N with tert-alkyl or cyclic N) is 1. The maximum absolute atomic E-state index is 10.2. The molecule has 0 amide bonds. The lowest BCUT2D eigenvalue weighted by atomic mass is 10.1. The van der Waals surface area contributed by atoms with Gasteiger partial charge >= 0.3 is 0 Å². The number of aliphatic hydroxyl groups excluding tert-OH is 1. The summed E-state index contributed by atoms with van der Waals surface area (Å²) in [6.45, 7) is 11.6.